The number of methoxy groups -OCH3 is 2. The summed E-state index contributed by atoms with van der Waals surface area (Å²) < 4.78 is 42.8. The molecule has 0 amide bonds. The molecule has 0 spiro atoms. The fourth-order valence-electron chi connectivity index (χ4n) is 5.41. The summed E-state index contributed by atoms with van der Waals surface area (Å²) in [4.78, 5) is 9.44. The summed E-state index contributed by atoms with van der Waals surface area (Å²) in [7, 11) is 0.829. The highest BCUT2D eigenvalue weighted by atomic mass is 32.2. The third-order valence-corrected chi connectivity index (χ3v) is 9.45. The van der Waals surface area contributed by atoms with E-state index in [0.29, 0.717) is 46.6 Å². The maximum Gasteiger partial charge on any atom is 0.269 e. The van der Waals surface area contributed by atoms with Gasteiger partial charge in [0, 0.05) is 49.5 Å². The van der Waals surface area contributed by atoms with Gasteiger partial charge >= 0.3 is 0 Å². The molecule has 0 aliphatic rings. The Morgan fingerprint density at radius 1 is 1.00 bits per heavy atom. The maximum atomic E-state index is 14.4. The van der Waals surface area contributed by atoms with Crippen molar-refractivity contribution in [1.82, 2.24) is 23.8 Å². The quantitative estimate of drug-likeness (QED) is 0.223. The van der Waals surface area contributed by atoms with Gasteiger partial charge in [-0.2, -0.15) is 0 Å². The summed E-state index contributed by atoms with van der Waals surface area (Å²) in [5.74, 6) is 0.754. The lowest BCUT2D eigenvalue weighted by Gasteiger charge is -2.13. The van der Waals surface area contributed by atoms with Crippen molar-refractivity contribution in [2.24, 2.45) is 7.05 Å². The first-order valence-electron chi connectivity index (χ1n) is 14.1. The van der Waals surface area contributed by atoms with Crippen LogP contribution in [0.3, 0.4) is 0 Å². The summed E-state index contributed by atoms with van der Waals surface area (Å²) in [6.45, 7) is 2.61. The first-order valence-corrected chi connectivity index (χ1v) is 15.5. The second-order valence-electron chi connectivity index (χ2n) is 10.6. The number of aryl methyl sites for hydroxylation is 2. The van der Waals surface area contributed by atoms with Crippen LogP contribution in [0.15, 0.2) is 90.1 Å². The van der Waals surface area contributed by atoms with Crippen LogP contribution in [-0.2, 0) is 23.6 Å². The van der Waals surface area contributed by atoms with Gasteiger partial charge in [0.05, 0.1) is 36.4 Å². The monoisotopic (exact) mass is 611 g/mol. The summed E-state index contributed by atoms with van der Waals surface area (Å²) in [6, 6.07) is 21.7. The van der Waals surface area contributed by atoms with Crippen LogP contribution in [0, 0.1) is 6.92 Å². The first-order chi connectivity index (χ1) is 21.2. The van der Waals surface area contributed by atoms with Gasteiger partial charge in [-0.15, -0.1) is 0 Å². The molecule has 1 atom stereocenters. The molecular weight excluding hydrogens is 578 g/mol. The van der Waals surface area contributed by atoms with Crippen molar-refractivity contribution in [1.29, 1.82) is 0 Å². The van der Waals surface area contributed by atoms with E-state index in [0.717, 1.165) is 22.2 Å². The Balaban J connectivity index is 1.51. The average Bonchev–Trinajstić information content (AvgIpc) is 3.59. The van der Waals surface area contributed by atoms with Crippen LogP contribution in [0.1, 0.15) is 22.8 Å². The summed E-state index contributed by atoms with van der Waals surface area (Å²) in [6.07, 6.45) is 2.76. The van der Waals surface area contributed by atoms with Crippen molar-refractivity contribution in [3.8, 4) is 22.9 Å². The SMILES string of the molecule is COc1cc2c(nc1OC)c(-c1cc3c(CNCC(O)c4ccccc4)ccnc3n1S(=O)(=O)c1ccc(C)cc1)cn2C. The summed E-state index contributed by atoms with van der Waals surface area (Å²) >= 11 is 0. The van der Waals surface area contributed by atoms with Crippen molar-refractivity contribution in [2.45, 2.75) is 24.5 Å². The van der Waals surface area contributed by atoms with Gasteiger partial charge < -0.3 is 24.5 Å². The van der Waals surface area contributed by atoms with Crippen molar-refractivity contribution < 1.29 is 23.0 Å². The Morgan fingerprint density at radius 3 is 2.45 bits per heavy atom. The third-order valence-electron chi connectivity index (χ3n) is 7.73. The molecule has 0 aliphatic heterocycles. The molecule has 11 heteroatoms. The average molecular weight is 612 g/mol. The molecule has 6 rings (SSSR count). The molecule has 0 bridgehead atoms. The van der Waals surface area contributed by atoms with E-state index in [-0.39, 0.29) is 10.8 Å². The summed E-state index contributed by atoms with van der Waals surface area (Å²) in [5.41, 5.74) is 5.19. The lowest BCUT2D eigenvalue weighted by molar-refractivity contribution is 0.174. The maximum absolute atomic E-state index is 14.4. The van der Waals surface area contributed by atoms with E-state index in [1.54, 1.807) is 37.6 Å². The summed E-state index contributed by atoms with van der Waals surface area (Å²) in [5, 5.41) is 14.6. The fraction of sp³-hybridized carbons (Fsp3) is 0.212. The molecule has 0 radical (unpaired) electrons. The van der Waals surface area contributed by atoms with E-state index in [1.165, 1.54) is 11.1 Å². The topological polar surface area (TPSA) is 120 Å². The molecule has 4 heterocycles. The number of fused-ring (bicyclic) bond motifs is 2. The number of nitrogens with zero attached hydrogens (tertiary/aromatic N) is 4. The zero-order valence-corrected chi connectivity index (χ0v) is 25.7. The Hall–Kier alpha value is -4.71. The van der Waals surface area contributed by atoms with Crippen LogP contribution < -0.4 is 14.8 Å². The number of benzene rings is 2. The molecule has 0 aliphatic carbocycles. The molecule has 2 aromatic carbocycles. The van der Waals surface area contributed by atoms with Gasteiger partial charge in [-0.25, -0.2) is 22.4 Å². The second kappa shape index (κ2) is 11.8. The Morgan fingerprint density at radius 2 is 1.75 bits per heavy atom. The van der Waals surface area contributed by atoms with Crippen LogP contribution in [0.25, 0.3) is 33.3 Å². The number of pyridine rings is 2. The highest BCUT2D eigenvalue weighted by Gasteiger charge is 2.28. The second-order valence-corrected chi connectivity index (χ2v) is 12.4. The number of aromatic nitrogens is 4. The van der Waals surface area contributed by atoms with E-state index >= 15 is 0 Å². The molecule has 10 nitrogen and oxygen atoms in total. The van der Waals surface area contributed by atoms with E-state index in [2.05, 4.69) is 10.3 Å². The number of hydrogen-bond acceptors (Lipinski definition) is 8. The highest BCUT2D eigenvalue weighted by molar-refractivity contribution is 7.90. The van der Waals surface area contributed by atoms with Gasteiger partial charge in [-0.05, 0) is 42.3 Å². The van der Waals surface area contributed by atoms with Crippen molar-refractivity contribution in [2.75, 3.05) is 20.8 Å². The smallest absolute Gasteiger partial charge is 0.269 e. The molecule has 0 saturated carbocycles. The predicted octanol–water partition coefficient (Wildman–Crippen LogP) is 4.98. The predicted molar refractivity (Wildman–Crippen MR) is 169 cm³/mol. The van der Waals surface area contributed by atoms with Crippen LogP contribution in [0.2, 0.25) is 0 Å². The molecule has 1 unspecified atom stereocenters. The number of hydrogen-bond donors (Lipinski definition) is 2. The zero-order chi connectivity index (χ0) is 31.0. The van der Waals surface area contributed by atoms with Gasteiger partial charge in [0.15, 0.2) is 11.4 Å². The van der Waals surface area contributed by atoms with E-state index in [4.69, 9.17) is 14.5 Å². The molecule has 2 N–H and O–H groups in total. The third kappa shape index (κ3) is 5.19. The minimum Gasteiger partial charge on any atom is -0.491 e. The van der Waals surface area contributed by atoms with E-state index in [9.17, 15) is 13.5 Å². The Kier molecular flexibility index (Phi) is 7.85. The number of aliphatic hydroxyl groups is 1. The zero-order valence-electron chi connectivity index (χ0n) is 24.9. The van der Waals surface area contributed by atoms with Gasteiger partial charge in [-0.1, -0.05) is 48.0 Å². The first kappa shape index (κ1) is 29.4. The van der Waals surface area contributed by atoms with Crippen molar-refractivity contribution in [3.05, 3.63) is 102 Å². The highest BCUT2D eigenvalue weighted by Crippen LogP contribution is 2.39. The molecule has 44 heavy (non-hydrogen) atoms. The number of ether oxygens (including phenoxy) is 2. The standard InChI is InChI=1S/C33H33N5O5S/c1-21-10-12-24(13-11-21)44(40,41)38-27(26-20-37(2)28-17-30(42-3)33(43-4)36-31(26)28)16-25-23(14-15-35-32(25)38)18-34-19-29(39)22-8-6-5-7-9-22/h5-17,20,29,34,39H,18-19H2,1-4H3. The minimum absolute atomic E-state index is 0.144. The Labute approximate surface area is 255 Å². The molecule has 0 saturated heterocycles. The van der Waals surface area contributed by atoms with E-state index < -0.39 is 16.1 Å². The van der Waals surface area contributed by atoms with Crippen LogP contribution >= 0.6 is 0 Å². The number of aliphatic hydroxyl groups excluding tert-OH is 1. The lowest BCUT2D eigenvalue weighted by atomic mass is 10.1. The van der Waals surface area contributed by atoms with E-state index in [1.807, 2.05) is 73.3 Å². The van der Waals surface area contributed by atoms with Crippen molar-refractivity contribution in [3.63, 3.8) is 0 Å². The minimum atomic E-state index is -4.09. The largest absolute Gasteiger partial charge is 0.491 e. The molecule has 6 aromatic rings. The van der Waals surface area contributed by atoms with Gasteiger partial charge in [-0.3, -0.25) is 0 Å². The van der Waals surface area contributed by atoms with Gasteiger partial charge in [0.1, 0.15) is 5.52 Å². The molecular formula is C33H33N5O5S. The molecule has 0 fully saturated rings. The van der Waals surface area contributed by atoms with Gasteiger partial charge in [0.2, 0.25) is 0 Å². The molecule has 4 aromatic heterocycles. The number of nitrogens with one attached hydrogen (secondary N) is 1. The Bertz CT molecular complexity index is 2070. The normalized spacial score (nSPS) is 12.6. The van der Waals surface area contributed by atoms with Crippen molar-refractivity contribution >= 4 is 32.1 Å². The fourth-order valence-corrected chi connectivity index (χ4v) is 6.88. The van der Waals surface area contributed by atoms with Crippen LogP contribution in [0.4, 0.5) is 0 Å². The lowest BCUT2D eigenvalue weighted by Crippen LogP contribution is -2.21. The number of rotatable bonds is 10. The van der Waals surface area contributed by atoms with Crippen LogP contribution in [0.5, 0.6) is 11.6 Å². The molecule has 226 valence electrons. The van der Waals surface area contributed by atoms with Gasteiger partial charge in [0.25, 0.3) is 15.9 Å². The van der Waals surface area contributed by atoms with Crippen LogP contribution in [-0.4, -0.2) is 52.8 Å².